The van der Waals surface area contributed by atoms with E-state index >= 15 is 0 Å². The van der Waals surface area contributed by atoms with Crippen LogP contribution in [0.4, 0.5) is 5.82 Å². The molecular formula is C13H14N6. The number of nitrogens with two attached hydrogens (primary N) is 1. The zero-order valence-corrected chi connectivity index (χ0v) is 10.5. The van der Waals surface area contributed by atoms with Crippen LogP contribution in [-0.4, -0.2) is 19.7 Å². The van der Waals surface area contributed by atoms with Crippen LogP contribution in [0.15, 0.2) is 36.8 Å². The third-order valence-corrected chi connectivity index (χ3v) is 3.02. The molecule has 96 valence electrons. The molecule has 3 N–H and O–H groups in total. The number of rotatable bonds is 3. The second kappa shape index (κ2) is 4.66. The molecule has 0 bridgehead atoms. The van der Waals surface area contributed by atoms with E-state index in [1.807, 2.05) is 4.68 Å². The van der Waals surface area contributed by atoms with E-state index in [0.29, 0.717) is 12.4 Å². The van der Waals surface area contributed by atoms with E-state index in [9.17, 15) is 0 Å². The van der Waals surface area contributed by atoms with Crippen molar-refractivity contribution in [1.82, 2.24) is 19.7 Å². The third kappa shape index (κ3) is 2.13. The number of hydrogen-bond acceptors (Lipinski definition) is 5. The summed E-state index contributed by atoms with van der Waals surface area (Å²) in [7, 11) is 0. The summed E-state index contributed by atoms with van der Waals surface area (Å²) in [5.41, 5.74) is 5.74. The first-order valence-corrected chi connectivity index (χ1v) is 5.96. The van der Waals surface area contributed by atoms with Gasteiger partial charge in [-0.2, -0.15) is 5.10 Å². The number of anilines is 1. The molecule has 0 fully saturated rings. The number of aryl methyl sites for hydroxylation is 1. The summed E-state index contributed by atoms with van der Waals surface area (Å²) < 4.78 is 1.84. The van der Waals surface area contributed by atoms with E-state index in [1.54, 1.807) is 6.20 Å². The van der Waals surface area contributed by atoms with Crippen LogP contribution >= 0.6 is 0 Å². The molecule has 1 aromatic carbocycles. The van der Waals surface area contributed by atoms with Crippen molar-refractivity contribution in [2.45, 2.75) is 13.5 Å². The van der Waals surface area contributed by atoms with Crippen molar-refractivity contribution in [3.63, 3.8) is 0 Å². The Morgan fingerprint density at radius 3 is 2.74 bits per heavy atom. The van der Waals surface area contributed by atoms with Gasteiger partial charge in [0.05, 0.1) is 18.1 Å². The van der Waals surface area contributed by atoms with Gasteiger partial charge in [-0.25, -0.2) is 20.5 Å². The predicted octanol–water partition coefficient (Wildman–Crippen LogP) is 1.47. The van der Waals surface area contributed by atoms with Crippen LogP contribution in [0.25, 0.3) is 11.0 Å². The molecule has 0 aliphatic heterocycles. The van der Waals surface area contributed by atoms with Gasteiger partial charge in [0.2, 0.25) is 0 Å². The molecule has 0 saturated carbocycles. The molecule has 0 aliphatic carbocycles. The lowest BCUT2D eigenvalue weighted by atomic mass is 10.1. The van der Waals surface area contributed by atoms with Gasteiger partial charge in [-0.15, -0.1) is 0 Å². The van der Waals surface area contributed by atoms with Gasteiger partial charge in [0.25, 0.3) is 0 Å². The number of nitrogens with one attached hydrogen (secondary N) is 1. The first-order valence-electron chi connectivity index (χ1n) is 5.96. The number of hydrogen-bond donors (Lipinski definition) is 2. The number of aromatic nitrogens is 4. The summed E-state index contributed by atoms with van der Waals surface area (Å²) in [5.74, 6) is 6.00. The summed E-state index contributed by atoms with van der Waals surface area (Å²) in [6.45, 7) is 2.74. The third-order valence-electron chi connectivity index (χ3n) is 3.02. The zero-order valence-electron chi connectivity index (χ0n) is 10.5. The molecule has 0 spiro atoms. The molecule has 3 rings (SSSR count). The number of hydrazine groups is 1. The quantitative estimate of drug-likeness (QED) is 0.546. The first kappa shape index (κ1) is 11.6. The molecule has 6 nitrogen and oxygen atoms in total. The van der Waals surface area contributed by atoms with Crippen LogP contribution in [0.2, 0.25) is 0 Å². The monoisotopic (exact) mass is 254 g/mol. The van der Waals surface area contributed by atoms with Crippen LogP contribution < -0.4 is 11.3 Å². The average Bonchev–Trinajstić information content (AvgIpc) is 2.84. The van der Waals surface area contributed by atoms with Crippen molar-refractivity contribution in [2.24, 2.45) is 5.84 Å². The minimum Gasteiger partial charge on any atom is -0.308 e. The minimum absolute atomic E-state index is 0.583. The Morgan fingerprint density at radius 1 is 1.21 bits per heavy atom. The van der Waals surface area contributed by atoms with Crippen molar-refractivity contribution in [3.05, 3.63) is 47.9 Å². The van der Waals surface area contributed by atoms with Crippen molar-refractivity contribution < 1.29 is 0 Å². The number of benzene rings is 1. The van der Waals surface area contributed by atoms with E-state index < -0.39 is 0 Å². The largest absolute Gasteiger partial charge is 0.308 e. The zero-order chi connectivity index (χ0) is 13.2. The van der Waals surface area contributed by atoms with Gasteiger partial charge >= 0.3 is 0 Å². The first-order chi connectivity index (χ1) is 9.28. The second-order valence-electron chi connectivity index (χ2n) is 4.39. The second-order valence-corrected chi connectivity index (χ2v) is 4.39. The van der Waals surface area contributed by atoms with Crippen LogP contribution in [0.3, 0.4) is 0 Å². The Bertz CT molecular complexity index is 701. The molecule has 0 saturated heterocycles. The lowest BCUT2D eigenvalue weighted by Crippen LogP contribution is -2.09. The van der Waals surface area contributed by atoms with Crippen molar-refractivity contribution in [2.75, 3.05) is 5.43 Å². The molecule has 6 heteroatoms. The highest BCUT2D eigenvalue weighted by molar-refractivity contribution is 5.85. The Balaban J connectivity index is 1.99. The Kier molecular flexibility index (Phi) is 2.85. The fourth-order valence-electron chi connectivity index (χ4n) is 1.99. The summed E-state index contributed by atoms with van der Waals surface area (Å²) >= 11 is 0. The SMILES string of the molecule is Cc1ccc(Cn2ncc3c(NN)ncnc32)cc1. The topological polar surface area (TPSA) is 81.7 Å². The minimum atomic E-state index is 0.583. The van der Waals surface area contributed by atoms with Crippen molar-refractivity contribution >= 4 is 16.9 Å². The molecular weight excluding hydrogens is 240 g/mol. The van der Waals surface area contributed by atoms with Gasteiger partial charge < -0.3 is 5.43 Å². The van der Waals surface area contributed by atoms with Crippen LogP contribution in [0.1, 0.15) is 11.1 Å². The maximum absolute atomic E-state index is 5.42. The predicted molar refractivity (Wildman–Crippen MR) is 73.4 cm³/mol. The summed E-state index contributed by atoms with van der Waals surface area (Å²) in [4.78, 5) is 8.31. The van der Waals surface area contributed by atoms with Crippen LogP contribution in [-0.2, 0) is 6.54 Å². The van der Waals surface area contributed by atoms with Gasteiger partial charge in [-0.1, -0.05) is 29.8 Å². The number of nitrogen functional groups attached to an aromatic ring is 1. The molecule has 2 heterocycles. The van der Waals surface area contributed by atoms with Crippen LogP contribution in [0.5, 0.6) is 0 Å². The standard InChI is InChI=1S/C13H14N6/c1-9-2-4-10(5-3-9)7-19-13-11(6-17-19)12(18-14)15-8-16-13/h2-6,8H,7,14H2,1H3,(H,15,16,18). The molecule has 19 heavy (non-hydrogen) atoms. The molecule has 0 radical (unpaired) electrons. The highest BCUT2D eigenvalue weighted by Crippen LogP contribution is 2.18. The summed E-state index contributed by atoms with van der Waals surface area (Å²) in [6.07, 6.45) is 3.20. The van der Waals surface area contributed by atoms with E-state index in [-0.39, 0.29) is 0 Å². The van der Waals surface area contributed by atoms with Crippen LogP contribution in [0, 0.1) is 6.92 Å². The molecule has 2 aromatic heterocycles. The van der Waals surface area contributed by atoms with Gasteiger partial charge in [-0.05, 0) is 12.5 Å². The highest BCUT2D eigenvalue weighted by Gasteiger charge is 2.08. The lowest BCUT2D eigenvalue weighted by Gasteiger charge is -2.04. The number of nitrogens with zero attached hydrogens (tertiary/aromatic N) is 4. The van der Waals surface area contributed by atoms with E-state index in [2.05, 4.69) is 51.7 Å². The summed E-state index contributed by atoms with van der Waals surface area (Å²) in [5, 5.41) is 5.16. The lowest BCUT2D eigenvalue weighted by molar-refractivity contribution is 0.703. The van der Waals surface area contributed by atoms with Crippen molar-refractivity contribution in [3.8, 4) is 0 Å². The molecule has 0 aliphatic rings. The fraction of sp³-hybridized carbons (Fsp3) is 0.154. The molecule has 3 aromatic rings. The van der Waals surface area contributed by atoms with Gasteiger partial charge in [0.1, 0.15) is 6.33 Å². The Morgan fingerprint density at radius 2 is 2.00 bits per heavy atom. The molecule has 0 atom stereocenters. The fourth-order valence-corrected chi connectivity index (χ4v) is 1.99. The normalized spacial score (nSPS) is 10.8. The average molecular weight is 254 g/mol. The molecule has 0 unspecified atom stereocenters. The smallest absolute Gasteiger partial charge is 0.163 e. The number of fused-ring (bicyclic) bond motifs is 1. The Hall–Kier alpha value is -2.47. The van der Waals surface area contributed by atoms with E-state index in [0.717, 1.165) is 11.0 Å². The van der Waals surface area contributed by atoms with Gasteiger partial charge in [0.15, 0.2) is 11.5 Å². The van der Waals surface area contributed by atoms with Gasteiger partial charge in [0, 0.05) is 0 Å². The summed E-state index contributed by atoms with van der Waals surface area (Å²) in [6, 6.07) is 8.35. The van der Waals surface area contributed by atoms with Gasteiger partial charge in [-0.3, -0.25) is 0 Å². The Labute approximate surface area is 110 Å². The van der Waals surface area contributed by atoms with E-state index in [4.69, 9.17) is 5.84 Å². The highest BCUT2D eigenvalue weighted by atomic mass is 15.3. The maximum atomic E-state index is 5.42. The maximum Gasteiger partial charge on any atom is 0.163 e. The molecule has 0 amide bonds. The van der Waals surface area contributed by atoms with Crippen molar-refractivity contribution in [1.29, 1.82) is 0 Å². The van der Waals surface area contributed by atoms with E-state index in [1.165, 1.54) is 17.5 Å².